The molecule has 0 heterocycles. The molecule has 0 radical (unpaired) electrons. The Kier molecular flexibility index (Phi) is 6.37. The third-order valence-corrected chi connectivity index (χ3v) is 5.51. The molecule has 0 unspecified atom stereocenters. The van der Waals surface area contributed by atoms with Gasteiger partial charge in [-0.25, -0.2) is 0 Å². The van der Waals surface area contributed by atoms with E-state index < -0.39 is 0 Å². The maximum Gasteiger partial charge on any atom is 0.255 e. The maximum atomic E-state index is 13.0. The normalized spacial score (nSPS) is 10.5. The lowest BCUT2D eigenvalue weighted by Gasteiger charge is -2.12. The molecule has 136 valence electrons. The first-order valence-electron chi connectivity index (χ1n) is 8.04. The second-order valence-corrected chi connectivity index (χ2v) is 7.88. The van der Waals surface area contributed by atoms with Crippen LogP contribution in [0.4, 0.5) is 5.69 Å². The molecule has 3 rings (SSSR count). The molecule has 0 spiro atoms. The molecule has 1 N–H and O–H groups in total. The number of thioether (sulfide) groups is 1. The third kappa shape index (κ3) is 4.61. The lowest BCUT2D eigenvalue weighted by Crippen LogP contribution is -2.15. The molecule has 0 aliphatic carbocycles. The first kappa shape index (κ1) is 19.7. The smallest absolute Gasteiger partial charge is 0.255 e. The number of benzene rings is 3. The van der Waals surface area contributed by atoms with Crippen LogP contribution in [0.2, 0.25) is 5.02 Å². The lowest BCUT2D eigenvalue weighted by atomic mass is 10.0. The van der Waals surface area contributed by atoms with Crippen molar-refractivity contribution in [2.45, 2.75) is 4.90 Å². The highest BCUT2D eigenvalue weighted by atomic mass is 79.9. The average Bonchev–Trinajstić information content (AvgIpc) is 2.69. The van der Waals surface area contributed by atoms with Crippen LogP contribution >= 0.6 is 39.3 Å². The van der Waals surface area contributed by atoms with Gasteiger partial charge in [-0.3, -0.25) is 9.59 Å². The standard InChI is InChI=1S/C21H15BrClNO2S/c1-27-15-9-6-13(7-10-15)21(26)24-19-11-8-14(22)12-17(19)20(25)16-4-2-3-5-18(16)23/h2-12H,1H3,(H,24,26). The maximum absolute atomic E-state index is 13.0. The van der Waals surface area contributed by atoms with Crippen molar-refractivity contribution in [2.24, 2.45) is 0 Å². The van der Waals surface area contributed by atoms with Crippen LogP contribution in [0, 0.1) is 0 Å². The van der Waals surface area contributed by atoms with E-state index in [2.05, 4.69) is 21.2 Å². The van der Waals surface area contributed by atoms with Crippen LogP contribution in [0.5, 0.6) is 0 Å². The van der Waals surface area contributed by atoms with Crippen molar-refractivity contribution in [3.05, 3.63) is 92.9 Å². The molecule has 0 aliphatic heterocycles. The zero-order valence-electron chi connectivity index (χ0n) is 14.3. The van der Waals surface area contributed by atoms with Gasteiger partial charge in [-0.05, 0) is 60.9 Å². The van der Waals surface area contributed by atoms with Gasteiger partial charge in [0.1, 0.15) is 0 Å². The number of halogens is 2. The summed E-state index contributed by atoms with van der Waals surface area (Å²) in [6.45, 7) is 0. The molecule has 0 fully saturated rings. The Morgan fingerprint density at radius 3 is 2.33 bits per heavy atom. The molecule has 0 saturated heterocycles. The molecule has 3 nitrogen and oxygen atoms in total. The fraction of sp³-hybridized carbons (Fsp3) is 0.0476. The van der Waals surface area contributed by atoms with Crippen LogP contribution in [-0.4, -0.2) is 17.9 Å². The fourth-order valence-electron chi connectivity index (χ4n) is 2.54. The number of nitrogens with one attached hydrogen (secondary N) is 1. The zero-order chi connectivity index (χ0) is 19.4. The van der Waals surface area contributed by atoms with Gasteiger partial charge in [-0.2, -0.15) is 0 Å². The number of hydrogen-bond acceptors (Lipinski definition) is 3. The van der Waals surface area contributed by atoms with Gasteiger partial charge in [-0.15, -0.1) is 11.8 Å². The summed E-state index contributed by atoms with van der Waals surface area (Å²) in [5, 5.41) is 3.20. The quantitative estimate of drug-likeness (QED) is 0.358. The molecular weight excluding hydrogens is 446 g/mol. The summed E-state index contributed by atoms with van der Waals surface area (Å²) < 4.78 is 0.736. The summed E-state index contributed by atoms with van der Waals surface area (Å²) in [6.07, 6.45) is 1.98. The number of hydrogen-bond donors (Lipinski definition) is 1. The van der Waals surface area contributed by atoms with E-state index in [0.717, 1.165) is 9.37 Å². The molecule has 0 bridgehead atoms. The Hall–Kier alpha value is -2.08. The largest absolute Gasteiger partial charge is 0.321 e. The van der Waals surface area contributed by atoms with Crippen molar-refractivity contribution in [2.75, 3.05) is 11.6 Å². The van der Waals surface area contributed by atoms with Gasteiger partial charge in [0, 0.05) is 26.1 Å². The number of rotatable bonds is 5. The minimum atomic E-state index is -0.279. The first-order chi connectivity index (χ1) is 13.0. The van der Waals surface area contributed by atoms with E-state index >= 15 is 0 Å². The van der Waals surface area contributed by atoms with Gasteiger partial charge >= 0.3 is 0 Å². The molecule has 27 heavy (non-hydrogen) atoms. The number of carbonyl (C=O) groups excluding carboxylic acids is 2. The van der Waals surface area contributed by atoms with Crippen molar-refractivity contribution < 1.29 is 9.59 Å². The van der Waals surface area contributed by atoms with Crippen molar-refractivity contribution in [1.82, 2.24) is 0 Å². The van der Waals surface area contributed by atoms with E-state index in [1.807, 2.05) is 18.4 Å². The molecule has 1 amide bonds. The number of carbonyl (C=O) groups is 2. The van der Waals surface area contributed by atoms with Crippen molar-refractivity contribution in [1.29, 1.82) is 0 Å². The van der Waals surface area contributed by atoms with Gasteiger partial charge in [0.05, 0.1) is 10.7 Å². The second-order valence-electron chi connectivity index (χ2n) is 5.68. The number of anilines is 1. The molecule has 3 aromatic rings. The van der Waals surface area contributed by atoms with Crippen LogP contribution in [0.1, 0.15) is 26.3 Å². The SMILES string of the molecule is CSc1ccc(C(=O)Nc2ccc(Br)cc2C(=O)c2ccccc2Cl)cc1. The molecule has 6 heteroatoms. The van der Waals surface area contributed by atoms with E-state index in [1.54, 1.807) is 66.4 Å². The van der Waals surface area contributed by atoms with Crippen LogP contribution in [0.3, 0.4) is 0 Å². The van der Waals surface area contributed by atoms with E-state index in [1.165, 1.54) is 0 Å². The molecule has 0 saturated carbocycles. The Labute approximate surface area is 175 Å². The minimum Gasteiger partial charge on any atom is -0.321 e. The van der Waals surface area contributed by atoms with Crippen LogP contribution in [-0.2, 0) is 0 Å². The highest BCUT2D eigenvalue weighted by molar-refractivity contribution is 9.10. The van der Waals surface area contributed by atoms with Crippen LogP contribution in [0.15, 0.2) is 76.1 Å². The van der Waals surface area contributed by atoms with Gasteiger partial charge in [0.15, 0.2) is 5.78 Å². The van der Waals surface area contributed by atoms with Crippen LogP contribution < -0.4 is 5.32 Å². The third-order valence-electron chi connectivity index (χ3n) is 3.95. The highest BCUT2D eigenvalue weighted by Gasteiger charge is 2.18. The Bertz CT molecular complexity index is 1010. The predicted molar refractivity (Wildman–Crippen MR) is 115 cm³/mol. The summed E-state index contributed by atoms with van der Waals surface area (Å²) in [6, 6.07) is 19.3. The predicted octanol–water partition coefficient (Wildman–Crippen LogP) is 6.31. The van der Waals surface area contributed by atoms with Gasteiger partial charge < -0.3 is 5.32 Å². The minimum absolute atomic E-state index is 0.255. The number of amides is 1. The second kappa shape index (κ2) is 8.74. The summed E-state index contributed by atoms with van der Waals surface area (Å²) in [5.41, 5.74) is 1.71. The molecule has 0 aliphatic rings. The fourth-order valence-corrected chi connectivity index (χ4v) is 3.53. The van der Waals surface area contributed by atoms with Crippen molar-refractivity contribution in [3.8, 4) is 0 Å². The monoisotopic (exact) mass is 459 g/mol. The molecular formula is C21H15BrClNO2S. The zero-order valence-corrected chi connectivity index (χ0v) is 17.5. The van der Waals surface area contributed by atoms with E-state index in [4.69, 9.17) is 11.6 Å². The van der Waals surface area contributed by atoms with Gasteiger partial charge in [0.2, 0.25) is 0 Å². The van der Waals surface area contributed by atoms with E-state index in [-0.39, 0.29) is 11.7 Å². The van der Waals surface area contributed by atoms with Crippen LogP contribution in [0.25, 0.3) is 0 Å². The highest BCUT2D eigenvalue weighted by Crippen LogP contribution is 2.27. The topological polar surface area (TPSA) is 46.2 Å². The molecule has 3 aromatic carbocycles. The first-order valence-corrected chi connectivity index (χ1v) is 10.4. The number of ketones is 1. The Balaban J connectivity index is 1.93. The van der Waals surface area contributed by atoms with Crippen molar-refractivity contribution >= 4 is 56.7 Å². The molecule has 0 aromatic heterocycles. The Morgan fingerprint density at radius 2 is 1.67 bits per heavy atom. The van der Waals surface area contributed by atoms with Gasteiger partial charge in [-0.1, -0.05) is 39.7 Å². The van der Waals surface area contributed by atoms with E-state index in [0.29, 0.717) is 27.4 Å². The molecule has 0 atom stereocenters. The van der Waals surface area contributed by atoms with E-state index in [9.17, 15) is 9.59 Å². The Morgan fingerprint density at radius 1 is 0.963 bits per heavy atom. The summed E-state index contributed by atoms with van der Waals surface area (Å²) >= 11 is 11.2. The summed E-state index contributed by atoms with van der Waals surface area (Å²) in [4.78, 5) is 26.7. The lowest BCUT2D eigenvalue weighted by molar-refractivity contribution is 0.102. The van der Waals surface area contributed by atoms with Crippen molar-refractivity contribution in [3.63, 3.8) is 0 Å². The average molecular weight is 461 g/mol. The summed E-state index contributed by atoms with van der Waals surface area (Å²) in [7, 11) is 0. The van der Waals surface area contributed by atoms with Gasteiger partial charge in [0.25, 0.3) is 5.91 Å². The summed E-state index contributed by atoms with van der Waals surface area (Å²) in [5.74, 6) is -0.534.